The zero-order chi connectivity index (χ0) is 11.5. The standard InChI is InChI=1S/C12H21NO2/c1-10(11(14)15)5-8-13-7-4-6-12(2,3)9-13/h5H,4,6-9H2,1-3H3,(H,14,15). The predicted molar refractivity (Wildman–Crippen MR) is 60.8 cm³/mol. The summed E-state index contributed by atoms with van der Waals surface area (Å²) < 4.78 is 0. The van der Waals surface area contributed by atoms with Gasteiger partial charge in [0, 0.05) is 18.7 Å². The maximum Gasteiger partial charge on any atom is 0.330 e. The molecule has 3 heteroatoms. The Morgan fingerprint density at radius 1 is 1.53 bits per heavy atom. The molecule has 1 N–H and O–H groups in total. The van der Waals surface area contributed by atoms with Gasteiger partial charge in [0.25, 0.3) is 0 Å². The van der Waals surface area contributed by atoms with Crippen molar-refractivity contribution in [3.63, 3.8) is 0 Å². The number of carboxylic acid groups (broad SMARTS) is 1. The first-order chi connectivity index (χ1) is 6.91. The van der Waals surface area contributed by atoms with Gasteiger partial charge in [-0.3, -0.25) is 4.90 Å². The second-order valence-electron chi connectivity index (χ2n) is 5.20. The summed E-state index contributed by atoms with van der Waals surface area (Å²) in [6.45, 7) is 9.11. The second kappa shape index (κ2) is 4.79. The Kier molecular flexibility index (Phi) is 3.91. The van der Waals surface area contributed by atoms with E-state index in [1.54, 1.807) is 6.92 Å². The molecule has 1 rings (SSSR count). The fourth-order valence-electron chi connectivity index (χ4n) is 2.05. The number of likely N-dealkylation sites (tertiary alicyclic amines) is 1. The van der Waals surface area contributed by atoms with Gasteiger partial charge in [-0.2, -0.15) is 0 Å². The van der Waals surface area contributed by atoms with E-state index in [1.807, 2.05) is 6.08 Å². The molecule has 0 atom stereocenters. The van der Waals surface area contributed by atoms with Crippen LogP contribution in [0.2, 0.25) is 0 Å². The maximum absolute atomic E-state index is 10.6. The van der Waals surface area contributed by atoms with Crippen molar-refractivity contribution in [1.82, 2.24) is 4.90 Å². The van der Waals surface area contributed by atoms with Crippen LogP contribution in [0.1, 0.15) is 33.6 Å². The summed E-state index contributed by atoms with van der Waals surface area (Å²) in [6, 6.07) is 0. The molecular formula is C12H21NO2. The summed E-state index contributed by atoms with van der Waals surface area (Å²) in [4.78, 5) is 12.9. The van der Waals surface area contributed by atoms with E-state index in [2.05, 4.69) is 18.7 Å². The highest BCUT2D eigenvalue weighted by molar-refractivity contribution is 5.85. The number of carbonyl (C=O) groups is 1. The number of hydrogen-bond donors (Lipinski definition) is 1. The van der Waals surface area contributed by atoms with Crippen LogP contribution in [0.5, 0.6) is 0 Å². The lowest BCUT2D eigenvalue weighted by atomic mass is 9.84. The Morgan fingerprint density at radius 3 is 2.73 bits per heavy atom. The minimum absolute atomic E-state index is 0.378. The van der Waals surface area contributed by atoms with Crippen LogP contribution in [0, 0.1) is 5.41 Å². The first kappa shape index (κ1) is 12.2. The number of piperidine rings is 1. The molecule has 0 aromatic rings. The zero-order valence-electron chi connectivity index (χ0n) is 9.92. The fourth-order valence-corrected chi connectivity index (χ4v) is 2.05. The highest BCUT2D eigenvalue weighted by Gasteiger charge is 2.25. The van der Waals surface area contributed by atoms with Gasteiger partial charge >= 0.3 is 5.97 Å². The van der Waals surface area contributed by atoms with Crippen molar-refractivity contribution in [2.45, 2.75) is 33.6 Å². The summed E-state index contributed by atoms with van der Waals surface area (Å²) in [7, 11) is 0. The summed E-state index contributed by atoms with van der Waals surface area (Å²) >= 11 is 0. The van der Waals surface area contributed by atoms with Gasteiger partial charge in [0.1, 0.15) is 0 Å². The van der Waals surface area contributed by atoms with Gasteiger partial charge in [0.2, 0.25) is 0 Å². The van der Waals surface area contributed by atoms with Crippen LogP contribution < -0.4 is 0 Å². The Labute approximate surface area is 91.8 Å². The third kappa shape index (κ3) is 4.04. The van der Waals surface area contributed by atoms with Crippen molar-refractivity contribution in [3.8, 4) is 0 Å². The molecule has 0 aromatic heterocycles. The average molecular weight is 211 g/mol. The predicted octanol–water partition coefficient (Wildman–Crippen LogP) is 2.14. The lowest BCUT2D eigenvalue weighted by Crippen LogP contribution is -2.40. The van der Waals surface area contributed by atoms with E-state index in [0.717, 1.165) is 19.6 Å². The first-order valence-corrected chi connectivity index (χ1v) is 5.53. The Balaban J connectivity index is 2.46. The number of rotatable bonds is 3. The number of hydrogen-bond acceptors (Lipinski definition) is 2. The Bertz CT molecular complexity index is 269. The summed E-state index contributed by atoms with van der Waals surface area (Å²) in [5.74, 6) is -0.814. The van der Waals surface area contributed by atoms with Crippen molar-refractivity contribution in [2.24, 2.45) is 5.41 Å². The minimum Gasteiger partial charge on any atom is -0.478 e. The summed E-state index contributed by atoms with van der Waals surface area (Å²) in [6.07, 6.45) is 4.29. The third-order valence-electron chi connectivity index (χ3n) is 2.97. The van der Waals surface area contributed by atoms with Crippen molar-refractivity contribution < 1.29 is 9.90 Å². The topological polar surface area (TPSA) is 40.5 Å². The van der Waals surface area contributed by atoms with E-state index in [1.165, 1.54) is 12.8 Å². The van der Waals surface area contributed by atoms with Gasteiger partial charge in [-0.1, -0.05) is 19.9 Å². The van der Waals surface area contributed by atoms with Crippen LogP contribution in [-0.2, 0) is 4.79 Å². The largest absolute Gasteiger partial charge is 0.478 e. The van der Waals surface area contributed by atoms with E-state index in [0.29, 0.717) is 11.0 Å². The molecule has 0 spiro atoms. The van der Waals surface area contributed by atoms with Crippen molar-refractivity contribution >= 4 is 5.97 Å². The molecule has 0 amide bonds. The number of aliphatic carboxylic acids is 1. The summed E-state index contributed by atoms with van der Waals surface area (Å²) in [5.41, 5.74) is 0.821. The van der Waals surface area contributed by atoms with Gasteiger partial charge in [0.05, 0.1) is 0 Å². The molecule has 0 unspecified atom stereocenters. The minimum atomic E-state index is -0.814. The first-order valence-electron chi connectivity index (χ1n) is 5.53. The maximum atomic E-state index is 10.6. The fraction of sp³-hybridized carbons (Fsp3) is 0.750. The lowest BCUT2D eigenvalue weighted by Gasteiger charge is -2.37. The zero-order valence-corrected chi connectivity index (χ0v) is 9.92. The van der Waals surface area contributed by atoms with Crippen molar-refractivity contribution in [2.75, 3.05) is 19.6 Å². The number of nitrogens with zero attached hydrogens (tertiary/aromatic N) is 1. The molecule has 1 aliphatic rings. The highest BCUT2D eigenvalue weighted by Crippen LogP contribution is 2.28. The summed E-state index contributed by atoms with van der Waals surface area (Å²) in [5, 5.41) is 8.73. The molecule has 86 valence electrons. The van der Waals surface area contributed by atoms with Gasteiger partial charge in [-0.25, -0.2) is 4.79 Å². The Morgan fingerprint density at radius 2 is 2.20 bits per heavy atom. The Hall–Kier alpha value is -0.830. The molecule has 0 aliphatic carbocycles. The van der Waals surface area contributed by atoms with E-state index in [-0.39, 0.29) is 0 Å². The molecule has 1 heterocycles. The molecule has 0 saturated carbocycles. The molecular weight excluding hydrogens is 190 g/mol. The third-order valence-corrected chi connectivity index (χ3v) is 2.97. The van der Waals surface area contributed by atoms with Crippen molar-refractivity contribution in [3.05, 3.63) is 11.6 Å². The quantitative estimate of drug-likeness (QED) is 0.727. The van der Waals surface area contributed by atoms with E-state index in [4.69, 9.17) is 5.11 Å². The molecule has 1 fully saturated rings. The van der Waals surface area contributed by atoms with Crippen molar-refractivity contribution in [1.29, 1.82) is 0 Å². The smallest absolute Gasteiger partial charge is 0.330 e. The lowest BCUT2D eigenvalue weighted by molar-refractivity contribution is -0.132. The van der Waals surface area contributed by atoms with Crippen LogP contribution in [0.4, 0.5) is 0 Å². The molecule has 0 aromatic carbocycles. The van der Waals surface area contributed by atoms with Gasteiger partial charge in [-0.05, 0) is 31.7 Å². The van der Waals surface area contributed by atoms with Crippen LogP contribution >= 0.6 is 0 Å². The van der Waals surface area contributed by atoms with E-state index in [9.17, 15) is 4.79 Å². The van der Waals surface area contributed by atoms with Crippen LogP contribution in [0.25, 0.3) is 0 Å². The van der Waals surface area contributed by atoms with Crippen LogP contribution in [0.15, 0.2) is 11.6 Å². The van der Waals surface area contributed by atoms with Gasteiger partial charge < -0.3 is 5.11 Å². The molecule has 1 saturated heterocycles. The van der Waals surface area contributed by atoms with E-state index >= 15 is 0 Å². The molecule has 15 heavy (non-hydrogen) atoms. The van der Waals surface area contributed by atoms with Crippen LogP contribution in [0.3, 0.4) is 0 Å². The highest BCUT2D eigenvalue weighted by atomic mass is 16.4. The number of carboxylic acids is 1. The van der Waals surface area contributed by atoms with E-state index < -0.39 is 5.97 Å². The average Bonchev–Trinajstić information content (AvgIpc) is 2.12. The second-order valence-corrected chi connectivity index (χ2v) is 5.20. The normalized spacial score (nSPS) is 22.7. The van der Waals surface area contributed by atoms with Gasteiger partial charge in [-0.15, -0.1) is 0 Å². The molecule has 3 nitrogen and oxygen atoms in total. The molecule has 1 aliphatic heterocycles. The molecule has 0 radical (unpaired) electrons. The molecule has 0 bridgehead atoms. The van der Waals surface area contributed by atoms with Crippen LogP contribution in [-0.4, -0.2) is 35.6 Å². The SMILES string of the molecule is CC(=CCN1CCCC(C)(C)C1)C(=O)O. The monoisotopic (exact) mass is 211 g/mol. The van der Waals surface area contributed by atoms with Gasteiger partial charge in [0.15, 0.2) is 0 Å².